The Kier molecular flexibility index (Phi) is 5.41. The van der Waals surface area contributed by atoms with Crippen LogP contribution in [0.5, 0.6) is 11.5 Å². The average Bonchev–Trinajstić information content (AvgIpc) is 3.14. The van der Waals surface area contributed by atoms with Crippen molar-refractivity contribution in [1.82, 2.24) is 4.98 Å². The van der Waals surface area contributed by atoms with Crippen LogP contribution in [0.4, 0.5) is 11.4 Å². The van der Waals surface area contributed by atoms with Crippen molar-refractivity contribution in [2.24, 2.45) is 0 Å². The van der Waals surface area contributed by atoms with Gasteiger partial charge in [-0.1, -0.05) is 0 Å². The van der Waals surface area contributed by atoms with E-state index in [9.17, 15) is 14.7 Å². The molecule has 1 fully saturated rings. The van der Waals surface area contributed by atoms with Crippen molar-refractivity contribution >= 4 is 28.8 Å². The number of benzene rings is 2. The molecule has 8 nitrogen and oxygen atoms in total. The Balaban J connectivity index is 1.65. The summed E-state index contributed by atoms with van der Waals surface area (Å²) in [5.74, 6) is -0.701. The topological polar surface area (TPSA) is 92.2 Å². The molecule has 0 spiro atoms. The Bertz CT molecular complexity index is 1290. The number of aliphatic hydroxyl groups is 1. The lowest BCUT2D eigenvalue weighted by Gasteiger charge is -2.26. The highest BCUT2D eigenvalue weighted by molar-refractivity contribution is 6.51. The van der Waals surface area contributed by atoms with Crippen LogP contribution in [-0.2, 0) is 9.59 Å². The predicted molar refractivity (Wildman–Crippen MR) is 127 cm³/mol. The molecule has 1 aromatic heterocycles. The number of carbonyl (C=O) groups is 2. The molecule has 0 radical (unpaired) electrons. The van der Waals surface area contributed by atoms with Gasteiger partial charge in [-0.05, 0) is 60.2 Å². The molecule has 2 aliphatic rings. The van der Waals surface area contributed by atoms with E-state index in [1.165, 1.54) is 4.90 Å². The molecule has 0 saturated carbocycles. The zero-order chi connectivity index (χ0) is 23.8. The van der Waals surface area contributed by atoms with Crippen molar-refractivity contribution in [2.75, 3.05) is 37.1 Å². The summed E-state index contributed by atoms with van der Waals surface area (Å²) in [5, 5.41) is 11.3. The standard InChI is InChI=1S/C26H23N3O5/c1-28(2)18-4-6-19(7-5-18)29-23(16-9-11-27-12-10-16)22(25(31)26(29)32)24(30)17-3-8-20-21(15-17)34-14-13-33-20/h3-12,15,23,30H,13-14H2,1-2H3/b24-22-. The van der Waals surface area contributed by atoms with E-state index in [1.54, 1.807) is 54.9 Å². The number of ether oxygens (including phenoxy) is 2. The second-order valence-electron chi connectivity index (χ2n) is 8.22. The van der Waals surface area contributed by atoms with Gasteiger partial charge in [0.25, 0.3) is 11.7 Å². The summed E-state index contributed by atoms with van der Waals surface area (Å²) in [5.41, 5.74) is 2.53. The molecular weight excluding hydrogens is 434 g/mol. The highest BCUT2D eigenvalue weighted by atomic mass is 16.6. The van der Waals surface area contributed by atoms with Crippen LogP contribution >= 0.6 is 0 Å². The first-order valence-corrected chi connectivity index (χ1v) is 10.8. The summed E-state index contributed by atoms with van der Waals surface area (Å²) in [6.07, 6.45) is 3.18. The third-order valence-electron chi connectivity index (χ3n) is 5.93. The Hall–Kier alpha value is -4.33. The lowest BCUT2D eigenvalue weighted by atomic mass is 9.95. The normalized spacial score (nSPS) is 18.8. The van der Waals surface area contributed by atoms with Gasteiger partial charge in [-0.25, -0.2) is 0 Å². The molecule has 0 aliphatic carbocycles. The molecule has 2 aromatic carbocycles. The van der Waals surface area contributed by atoms with E-state index in [0.29, 0.717) is 41.5 Å². The highest BCUT2D eigenvalue weighted by Gasteiger charge is 2.47. The smallest absolute Gasteiger partial charge is 0.300 e. The first-order valence-electron chi connectivity index (χ1n) is 10.8. The van der Waals surface area contributed by atoms with Gasteiger partial charge in [0.2, 0.25) is 0 Å². The van der Waals surface area contributed by atoms with Crippen LogP contribution < -0.4 is 19.3 Å². The molecule has 1 saturated heterocycles. The number of rotatable bonds is 4. The number of aromatic nitrogens is 1. The van der Waals surface area contributed by atoms with Gasteiger partial charge in [0.05, 0.1) is 11.6 Å². The van der Waals surface area contributed by atoms with Crippen molar-refractivity contribution in [2.45, 2.75) is 6.04 Å². The molecule has 1 N–H and O–H groups in total. The van der Waals surface area contributed by atoms with E-state index >= 15 is 0 Å². The number of hydrogen-bond donors (Lipinski definition) is 1. The van der Waals surface area contributed by atoms with E-state index < -0.39 is 17.7 Å². The summed E-state index contributed by atoms with van der Waals surface area (Å²) < 4.78 is 11.2. The van der Waals surface area contributed by atoms with Gasteiger partial charge in [-0.2, -0.15) is 0 Å². The summed E-state index contributed by atoms with van der Waals surface area (Å²) in [6.45, 7) is 0.833. The van der Waals surface area contributed by atoms with E-state index in [-0.39, 0.29) is 11.3 Å². The molecule has 0 bridgehead atoms. The van der Waals surface area contributed by atoms with Gasteiger partial charge in [0, 0.05) is 43.4 Å². The minimum Gasteiger partial charge on any atom is -0.507 e. The molecule has 3 aromatic rings. The molecule has 172 valence electrons. The number of ketones is 1. The van der Waals surface area contributed by atoms with Gasteiger partial charge < -0.3 is 19.5 Å². The SMILES string of the molecule is CN(C)c1ccc(N2C(=O)C(=O)/C(=C(\O)c3ccc4c(c3)OCCO4)C2c2ccncc2)cc1. The molecule has 3 heterocycles. The fourth-order valence-corrected chi connectivity index (χ4v) is 4.22. The molecule has 1 atom stereocenters. The number of amides is 1. The number of anilines is 2. The Morgan fingerprint density at radius 3 is 2.32 bits per heavy atom. The number of fused-ring (bicyclic) bond motifs is 1. The monoisotopic (exact) mass is 457 g/mol. The third-order valence-corrected chi connectivity index (χ3v) is 5.93. The van der Waals surface area contributed by atoms with Gasteiger partial charge in [0.1, 0.15) is 19.0 Å². The van der Waals surface area contributed by atoms with Crippen LogP contribution in [-0.4, -0.2) is 49.1 Å². The van der Waals surface area contributed by atoms with Crippen molar-refractivity contribution in [1.29, 1.82) is 0 Å². The van der Waals surface area contributed by atoms with Gasteiger partial charge >= 0.3 is 0 Å². The van der Waals surface area contributed by atoms with Crippen LogP contribution in [0.1, 0.15) is 17.2 Å². The first-order chi connectivity index (χ1) is 16.5. The maximum Gasteiger partial charge on any atom is 0.300 e. The number of carbonyl (C=O) groups excluding carboxylic acids is 2. The minimum absolute atomic E-state index is 0.00423. The molecular formula is C26H23N3O5. The maximum atomic E-state index is 13.3. The Morgan fingerprint density at radius 1 is 0.971 bits per heavy atom. The van der Waals surface area contributed by atoms with E-state index in [4.69, 9.17) is 9.47 Å². The lowest BCUT2D eigenvalue weighted by Crippen LogP contribution is -2.29. The Morgan fingerprint density at radius 2 is 1.65 bits per heavy atom. The Labute approximate surface area is 196 Å². The van der Waals surface area contributed by atoms with Crippen LogP contribution in [0.3, 0.4) is 0 Å². The van der Waals surface area contributed by atoms with Crippen LogP contribution in [0.25, 0.3) is 5.76 Å². The summed E-state index contributed by atoms with van der Waals surface area (Å²) in [4.78, 5) is 33.9. The number of Topliss-reactive ketones (excluding diaryl/α,β-unsaturated/α-hetero) is 1. The lowest BCUT2D eigenvalue weighted by molar-refractivity contribution is -0.132. The molecule has 1 amide bonds. The van der Waals surface area contributed by atoms with Crippen molar-refractivity contribution in [3.8, 4) is 11.5 Å². The average molecular weight is 457 g/mol. The number of hydrogen-bond acceptors (Lipinski definition) is 7. The van der Waals surface area contributed by atoms with E-state index in [0.717, 1.165) is 5.69 Å². The van der Waals surface area contributed by atoms with Crippen molar-refractivity contribution in [3.05, 3.63) is 83.7 Å². The third kappa shape index (κ3) is 3.63. The van der Waals surface area contributed by atoms with Gasteiger partial charge in [-0.15, -0.1) is 0 Å². The summed E-state index contributed by atoms with van der Waals surface area (Å²) in [6, 6.07) is 14.9. The van der Waals surface area contributed by atoms with Crippen LogP contribution in [0, 0.1) is 0 Å². The van der Waals surface area contributed by atoms with Crippen LogP contribution in [0.2, 0.25) is 0 Å². The van der Waals surface area contributed by atoms with Crippen molar-refractivity contribution < 1.29 is 24.2 Å². The fourth-order valence-electron chi connectivity index (χ4n) is 4.22. The largest absolute Gasteiger partial charge is 0.507 e. The van der Waals surface area contributed by atoms with Crippen molar-refractivity contribution in [3.63, 3.8) is 0 Å². The molecule has 8 heteroatoms. The number of aliphatic hydroxyl groups excluding tert-OH is 1. The number of nitrogens with zero attached hydrogens (tertiary/aromatic N) is 3. The summed E-state index contributed by atoms with van der Waals surface area (Å²) in [7, 11) is 3.84. The quantitative estimate of drug-likeness (QED) is 0.364. The van der Waals surface area contributed by atoms with Gasteiger partial charge in [0.15, 0.2) is 11.5 Å². The second-order valence-corrected chi connectivity index (χ2v) is 8.22. The number of pyridine rings is 1. The minimum atomic E-state index is -0.818. The first kappa shape index (κ1) is 21.5. The highest BCUT2D eigenvalue weighted by Crippen LogP contribution is 2.43. The maximum absolute atomic E-state index is 13.3. The predicted octanol–water partition coefficient (Wildman–Crippen LogP) is 3.55. The zero-order valence-corrected chi connectivity index (χ0v) is 18.8. The second kappa shape index (κ2) is 8.55. The zero-order valence-electron chi connectivity index (χ0n) is 18.8. The molecule has 1 unspecified atom stereocenters. The summed E-state index contributed by atoms with van der Waals surface area (Å²) >= 11 is 0. The molecule has 2 aliphatic heterocycles. The van der Waals surface area contributed by atoms with Crippen LogP contribution in [0.15, 0.2) is 72.6 Å². The van der Waals surface area contributed by atoms with E-state index in [1.807, 2.05) is 31.1 Å². The fraction of sp³-hybridized carbons (Fsp3) is 0.192. The van der Waals surface area contributed by atoms with E-state index in [2.05, 4.69) is 4.98 Å². The molecule has 5 rings (SSSR count). The van der Waals surface area contributed by atoms with Gasteiger partial charge in [-0.3, -0.25) is 19.5 Å². The molecule has 34 heavy (non-hydrogen) atoms.